The Kier molecular flexibility index (Phi) is 5.66. The topological polar surface area (TPSA) is 102 Å². The molecule has 1 heterocycles. The van der Waals surface area contributed by atoms with Gasteiger partial charge < -0.3 is 24.4 Å². The van der Waals surface area contributed by atoms with Crippen LogP contribution in [0.2, 0.25) is 0 Å². The minimum Gasteiger partial charge on any atom is -0.462 e. The average Bonchev–Trinajstić information content (AvgIpc) is 3.09. The molecule has 0 bridgehead atoms. The third kappa shape index (κ3) is 3.52. The molecule has 7 nitrogen and oxygen atoms in total. The number of aliphatic hydroxyl groups excluding tert-OH is 2. The van der Waals surface area contributed by atoms with E-state index in [2.05, 4.69) is 6.08 Å². The molecule has 7 heteroatoms. The number of carbonyl (C=O) groups excluding carboxylic acids is 2. The maximum atomic E-state index is 12.3. The minimum absolute atomic E-state index is 0.00394. The van der Waals surface area contributed by atoms with E-state index in [1.165, 1.54) is 6.92 Å². The van der Waals surface area contributed by atoms with Crippen molar-refractivity contribution in [2.24, 2.45) is 23.7 Å². The van der Waals surface area contributed by atoms with Crippen molar-refractivity contribution in [2.45, 2.75) is 64.4 Å². The first kappa shape index (κ1) is 20.3. The van der Waals surface area contributed by atoms with E-state index in [9.17, 15) is 19.8 Å². The van der Waals surface area contributed by atoms with Crippen LogP contribution in [0.15, 0.2) is 11.6 Å². The van der Waals surface area contributed by atoms with E-state index in [4.69, 9.17) is 14.2 Å². The van der Waals surface area contributed by atoms with Gasteiger partial charge in [-0.25, -0.2) is 0 Å². The second-order valence-corrected chi connectivity index (χ2v) is 8.35. The number of ether oxygens (including phenoxy) is 3. The number of rotatable bonds is 5. The summed E-state index contributed by atoms with van der Waals surface area (Å²) >= 11 is 0. The van der Waals surface area contributed by atoms with Crippen molar-refractivity contribution < 1.29 is 34.0 Å². The van der Waals surface area contributed by atoms with Crippen molar-refractivity contribution in [2.75, 3.05) is 13.2 Å². The lowest BCUT2D eigenvalue weighted by Gasteiger charge is -2.41. The van der Waals surface area contributed by atoms with Crippen LogP contribution in [0.5, 0.6) is 0 Å². The Morgan fingerprint density at radius 1 is 1.41 bits per heavy atom. The molecule has 3 rings (SSSR count). The normalized spacial score (nSPS) is 40.9. The van der Waals surface area contributed by atoms with Gasteiger partial charge in [0.05, 0.1) is 24.7 Å². The second kappa shape index (κ2) is 7.53. The second-order valence-electron chi connectivity index (χ2n) is 8.35. The van der Waals surface area contributed by atoms with Crippen molar-refractivity contribution in [1.29, 1.82) is 0 Å². The number of aliphatic hydroxyl groups is 2. The molecular weight excluding hydrogens is 352 g/mol. The largest absolute Gasteiger partial charge is 0.462 e. The number of hydrogen-bond donors (Lipinski definition) is 2. The quantitative estimate of drug-likeness (QED) is 0.544. The molecule has 3 aliphatic rings. The fourth-order valence-electron chi connectivity index (χ4n) is 5.31. The van der Waals surface area contributed by atoms with Crippen LogP contribution in [0, 0.1) is 23.7 Å². The molecule has 2 aliphatic carbocycles. The summed E-state index contributed by atoms with van der Waals surface area (Å²) in [4.78, 5) is 24.1. The van der Waals surface area contributed by atoms with Crippen LogP contribution in [0.25, 0.3) is 0 Å². The van der Waals surface area contributed by atoms with Gasteiger partial charge in [-0.3, -0.25) is 9.59 Å². The summed E-state index contributed by atoms with van der Waals surface area (Å²) < 4.78 is 17.6. The first-order chi connectivity index (χ1) is 12.7. The van der Waals surface area contributed by atoms with Gasteiger partial charge in [0.1, 0.15) is 18.3 Å². The van der Waals surface area contributed by atoms with Gasteiger partial charge in [0.2, 0.25) is 0 Å². The predicted molar refractivity (Wildman–Crippen MR) is 95.5 cm³/mol. The maximum absolute atomic E-state index is 12.3. The summed E-state index contributed by atoms with van der Waals surface area (Å²) in [5, 5.41) is 19.1. The molecule has 27 heavy (non-hydrogen) atoms. The molecule has 152 valence electrons. The SMILES string of the molecule is CC(=O)O[C@H]1C[C@@](C)(OC(CO)CO)C2CC=C(C)[C@@H]2[C@H]2OC(=O)[C@@H](C)[C@@H]21. The molecular formula is C20H30O7. The lowest BCUT2D eigenvalue weighted by Crippen LogP contribution is -2.47. The third-order valence-electron chi connectivity index (χ3n) is 6.57. The van der Waals surface area contributed by atoms with Crippen molar-refractivity contribution in [3.63, 3.8) is 0 Å². The average molecular weight is 382 g/mol. The minimum atomic E-state index is -0.744. The highest BCUT2D eigenvalue weighted by Crippen LogP contribution is 2.54. The van der Waals surface area contributed by atoms with Gasteiger partial charge in [-0.1, -0.05) is 18.6 Å². The highest BCUT2D eigenvalue weighted by Gasteiger charge is 2.60. The van der Waals surface area contributed by atoms with Crippen molar-refractivity contribution in [3.8, 4) is 0 Å². The molecule has 0 spiro atoms. The predicted octanol–water partition coefficient (Wildman–Crippen LogP) is 1.21. The molecule has 1 saturated heterocycles. The zero-order valence-corrected chi connectivity index (χ0v) is 16.4. The Labute approximate surface area is 159 Å². The Bertz CT molecular complexity index is 626. The van der Waals surface area contributed by atoms with Gasteiger partial charge in [-0.05, 0) is 20.3 Å². The van der Waals surface area contributed by atoms with Gasteiger partial charge in [-0.15, -0.1) is 0 Å². The Morgan fingerprint density at radius 3 is 2.67 bits per heavy atom. The van der Waals surface area contributed by atoms with Crippen LogP contribution >= 0.6 is 0 Å². The van der Waals surface area contributed by atoms with E-state index in [0.29, 0.717) is 6.42 Å². The molecule has 2 fully saturated rings. The molecule has 0 aromatic carbocycles. The summed E-state index contributed by atoms with van der Waals surface area (Å²) in [6, 6.07) is 0. The lowest BCUT2D eigenvalue weighted by atomic mass is 9.76. The van der Waals surface area contributed by atoms with Gasteiger partial charge >= 0.3 is 11.9 Å². The first-order valence-corrected chi connectivity index (χ1v) is 9.65. The van der Waals surface area contributed by atoms with Gasteiger partial charge in [0.25, 0.3) is 0 Å². The molecule has 1 unspecified atom stereocenters. The summed E-state index contributed by atoms with van der Waals surface area (Å²) in [5.74, 6) is -1.32. The Balaban J connectivity index is 2.03. The summed E-state index contributed by atoms with van der Waals surface area (Å²) in [6.45, 7) is 6.55. The monoisotopic (exact) mass is 382 g/mol. The van der Waals surface area contributed by atoms with E-state index in [0.717, 1.165) is 12.0 Å². The molecule has 0 aromatic rings. The number of hydrogen-bond acceptors (Lipinski definition) is 7. The highest BCUT2D eigenvalue weighted by molar-refractivity contribution is 5.75. The Morgan fingerprint density at radius 2 is 2.07 bits per heavy atom. The number of esters is 2. The number of carbonyl (C=O) groups is 2. The van der Waals surface area contributed by atoms with Crippen LogP contribution in [0.3, 0.4) is 0 Å². The van der Waals surface area contributed by atoms with E-state index < -0.39 is 23.8 Å². The van der Waals surface area contributed by atoms with Crippen LogP contribution in [0.1, 0.15) is 40.5 Å². The van der Waals surface area contributed by atoms with E-state index >= 15 is 0 Å². The maximum Gasteiger partial charge on any atom is 0.309 e. The van der Waals surface area contributed by atoms with E-state index in [-0.39, 0.29) is 49.0 Å². The van der Waals surface area contributed by atoms with Gasteiger partial charge in [0, 0.05) is 31.1 Å². The van der Waals surface area contributed by atoms with Crippen molar-refractivity contribution in [1.82, 2.24) is 0 Å². The fraction of sp³-hybridized carbons (Fsp3) is 0.800. The summed E-state index contributed by atoms with van der Waals surface area (Å²) in [5.41, 5.74) is 0.394. The van der Waals surface area contributed by atoms with Crippen molar-refractivity contribution in [3.05, 3.63) is 11.6 Å². The first-order valence-electron chi connectivity index (χ1n) is 9.65. The third-order valence-corrected chi connectivity index (χ3v) is 6.57. The number of fused-ring (bicyclic) bond motifs is 3. The highest BCUT2D eigenvalue weighted by atomic mass is 16.6. The van der Waals surface area contributed by atoms with Crippen LogP contribution in [-0.4, -0.2) is 59.3 Å². The molecule has 1 aliphatic heterocycles. The van der Waals surface area contributed by atoms with Crippen molar-refractivity contribution >= 4 is 11.9 Å². The van der Waals surface area contributed by atoms with Gasteiger partial charge in [-0.2, -0.15) is 0 Å². The lowest BCUT2D eigenvalue weighted by molar-refractivity contribution is -0.173. The molecule has 0 amide bonds. The van der Waals surface area contributed by atoms with Gasteiger partial charge in [0.15, 0.2) is 0 Å². The summed E-state index contributed by atoms with van der Waals surface area (Å²) in [6.07, 6.45) is 1.66. The van der Waals surface area contributed by atoms with E-state index in [1.807, 2.05) is 20.8 Å². The zero-order valence-electron chi connectivity index (χ0n) is 16.4. The standard InChI is InChI=1S/C20H30O7/c1-10-5-6-14-16(10)18-17(11(2)19(24)26-18)15(25-12(3)23)7-20(14,4)27-13(8-21)9-22/h5,11,13-18,21-22H,6-9H2,1-4H3/t11-,14?,15-,16-,17+,18+,20+/m0/s1. The zero-order chi connectivity index (χ0) is 19.9. The van der Waals surface area contributed by atoms with E-state index in [1.54, 1.807) is 0 Å². The van der Waals surface area contributed by atoms with Crippen LogP contribution < -0.4 is 0 Å². The molecule has 7 atom stereocenters. The number of allylic oxidation sites excluding steroid dienone is 1. The molecule has 0 radical (unpaired) electrons. The molecule has 2 N–H and O–H groups in total. The smallest absolute Gasteiger partial charge is 0.309 e. The van der Waals surface area contributed by atoms with Crippen LogP contribution in [-0.2, 0) is 23.8 Å². The molecule has 0 aromatic heterocycles. The summed E-state index contributed by atoms with van der Waals surface area (Å²) in [7, 11) is 0. The van der Waals surface area contributed by atoms with Crippen LogP contribution in [0.4, 0.5) is 0 Å². The fourth-order valence-corrected chi connectivity index (χ4v) is 5.31. The Hall–Kier alpha value is -1.44. The molecule has 1 saturated carbocycles.